The van der Waals surface area contributed by atoms with Gasteiger partial charge in [-0.15, -0.1) is 11.3 Å². The van der Waals surface area contributed by atoms with Crippen LogP contribution in [-0.2, 0) is 22.6 Å². The van der Waals surface area contributed by atoms with Crippen LogP contribution in [0, 0.1) is 5.92 Å². The van der Waals surface area contributed by atoms with Crippen molar-refractivity contribution in [3.05, 3.63) is 46.4 Å². The number of aliphatic hydroxyl groups is 1. The molecule has 1 atom stereocenters. The van der Waals surface area contributed by atoms with Crippen LogP contribution in [0.4, 0.5) is 0 Å². The molecule has 130 valence electrons. The van der Waals surface area contributed by atoms with E-state index in [9.17, 15) is 9.90 Å². The molecule has 1 N–H and O–H groups in total. The van der Waals surface area contributed by atoms with E-state index in [2.05, 4.69) is 50.0 Å². The molecule has 5 nitrogen and oxygen atoms in total. The van der Waals surface area contributed by atoms with Crippen LogP contribution in [-0.4, -0.2) is 46.8 Å². The fraction of sp³-hybridized carbons (Fsp3) is 0.500. The van der Waals surface area contributed by atoms with Crippen molar-refractivity contribution in [1.82, 2.24) is 9.47 Å². The monoisotopic (exact) mass is 348 g/mol. The van der Waals surface area contributed by atoms with E-state index in [1.165, 1.54) is 17.7 Å². The number of piperidine rings is 1. The SMILES string of the molecule is COC(=O)C(O)C1CCN(Cc2cccn2Cc2cccs2)CC1. The van der Waals surface area contributed by atoms with Gasteiger partial charge in [0.05, 0.1) is 13.7 Å². The third kappa shape index (κ3) is 4.06. The second-order valence-electron chi connectivity index (χ2n) is 6.29. The molecule has 3 heterocycles. The molecule has 1 fully saturated rings. The molecule has 6 heteroatoms. The van der Waals surface area contributed by atoms with E-state index in [4.69, 9.17) is 0 Å². The highest BCUT2D eigenvalue weighted by atomic mass is 32.1. The maximum atomic E-state index is 11.5. The molecule has 1 unspecified atom stereocenters. The highest BCUT2D eigenvalue weighted by Gasteiger charge is 2.30. The maximum Gasteiger partial charge on any atom is 0.334 e. The number of esters is 1. The van der Waals surface area contributed by atoms with Crippen LogP contribution in [0.2, 0.25) is 0 Å². The predicted octanol–water partition coefficient (Wildman–Crippen LogP) is 2.34. The third-order valence-electron chi connectivity index (χ3n) is 4.74. The lowest BCUT2D eigenvalue weighted by Gasteiger charge is -2.33. The highest BCUT2D eigenvalue weighted by molar-refractivity contribution is 7.09. The summed E-state index contributed by atoms with van der Waals surface area (Å²) in [7, 11) is 1.32. The number of aliphatic hydroxyl groups excluding tert-OH is 1. The summed E-state index contributed by atoms with van der Waals surface area (Å²) in [6, 6.07) is 8.51. The van der Waals surface area contributed by atoms with Crippen LogP contribution in [0.3, 0.4) is 0 Å². The average molecular weight is 348 g/mol. The van der Waals surface area contributed by atoms with Crippen molar-refractivity contribution < 1.29 is 14.6 Å². The topological polar surface area (TPSA) is 54.7 Å². The summed E-state index contributed by atoms with van der Waals surface area (Å²) in [6.07, 6.45) is 2.78. The Morgan fingerprint density at radius 1 is 1.33 bits per heavy atom. The zero-order valence-corrected chi connectivity index (χ0v) is 14.7. The van der Waals surface area contributed by atoms with Gasteiger partial charge in [-0.2, -0.15) is 0 Å². The molecule has 2 aromatic heterocycles. The second kappa shape index (κ2) is 7.96. The number of hydrogen-bond donors (Lipinski definition) is 1. The highest BCUT2D eigenvalue weighted by Crippen LogP contribution is 2.23. The van der Waals surface area contributed by atoms with E-state index < -0.39 is 12.1 Å². The summed E-state index contributed by atoms with van der Waals surface area (Å²) in [5.41, 5.74) is 1.30. The summed E-state index contributed by atoms with van der Waals surface area (Å²) < 4.78 is 6.93. The van der Waals surface area contributed by atoms with Crippen LogP contribution in [0.15, 0.2) is 35.8 Å². The largest absolute Gasteiger partial charge is 0.467 e. The van der Waals surface area contributed by atoms with Crippen molar-refractivity contribution in [3.63, 3.8) is 0 Å². The number of nitrogens with zero attached hydrogens (tertiary/aromatic N) is 2. The Morgan fingerprint density at radius 2 is 2.12 bits per heavy atom. The number of methoxy groups -OCH3 is 1. The van der Waals surface area contributed by atoms with Gasteiger partial charge in [-0.25, -0.2) is 4.79 Å². The fourth-order valence-corrected chi connectivity index (χ4v) is 3.99. The molecule has 0 bridgehead atoms. The molecule has 3 rings (SSSR count). The first kappa shape index (κ1) is 17.2. The van der Waals surface area contributed by atoms with Crippen LogP contribution in [0.1, 0.15) is 23.4 Å². The van der Waals surface area contributed by atoms with E-state index in [1.807, 2.05) is 0 Å². The van der Waals surface area contributed by atoms with Crippen LogP contribution in [0.25, 0.3) is 0 Å². The first-order chi connectivity index (χ1) is 11.7. The van der Waals surface area contributed by atoms with Gasteiger partial charge in [0.25, 0.3) is 0 Å². The van der Waals surface area contributed by atoms with Crippen molar-refractivity contribution in [3.8, 4) is 0 Å². The molecule has 2 aromatic rings. The van der Waals surface area contributed by atoms with Gasteiger partial charge in [-0.3, -0.25) is 4.90 Å². The molecular weight excluding hydrogens is 324 g/mol. The van der Waals surface area contributed by atoms with E-state index in [1.54, 1.807) is 11.3 Å². The summed E-state index contributed by atoms with van der Waals surface area (Å²) >= 11 is 1.78. The van der Waals surface area contributed by atoms with Gasteiger partial charge in [-0.1, -0.05) is 6.07 Å². The standard InChI is InChI=1S/C18H24N2O3S/c1-23-18(22)17(21)14-6-9-19(10-7-14)12-15-4-2-8-20(15)13-16-5-3-11-24-16/h2-5,8,11,14,17,21H,6-7,9-10,12-13H2,1H3. The van der Waals surface area contributed by atoms with Crippen molar-refractivity contribution in [2.75, 3.05) is 20.2 Å². The zero-order valence-electron chi connectivity index (χ0n) is 13.9. The molecule has 0 saturated carbocycles. The lowest BCUT2D eigenvalue weighted by Crippen LogP contribution is -2.40. The maximum absolute atomic E-state index is 11.5. The van der Waals surface area contributed by atoms with Crippen LogP contribution >= 0.6 is 11.3 Å². The number of carbonyl (C=O) groups excluding carboxylic acids is 1. The molecule has 0 spiro atoms. The quantitative estimate of drug-likeness (QED) is 0.814. The number of rotatable bonds is 6. The molecule has 1 saturated heterocycles. The summed E-state index contributed by atoms with van der Waals surface area (Å²) in [6.45, 7) is 3.60. The molecule has 0 aliphatic carbocycles. The van der Waals surface area contributed by atoms with Gasteiger partial charge >= 0.3 is 5.97 Å². The number of carbonyl (C=O) groups is 1. The van der Waals surface area contributed by atoms with E-state index in [-0.39, 0.29) is 5.92 Å². The summed E-state index contributed by atoms with van der Waals surface area (Å²) in [5.74, 6) is -0.509. The lowest BCUT2D eigenvalue weighted by atomic mass is 9.91. The molecule has 1 aliphatic rings. The van der Waals surface area contributed by atoms with Gasteiger partial charge in [-0.05, 0) is 55.4 Å². The summed E-state index contributed by atoms with van der Waals surface area (Å²) in [5, 5.41) is 12.1. The third-order valence-corrected chi connectivity index (χ3v) is 5.60. The van der Waals surface area contributed by atoms with Crippen molar-refractivity contribution in [2.24, 2.45) is 5.92 Å². The predicted molar refractivity (Wildman–Crippen MR) is 93.9 cm³/mol. The molecule has 1 aliphatic heterocycles. The number of ether oxygens (including phenoxy) is 1. The molecular formula is C18H24N2O3S. The van der Waals surface area contributed by atoms with Gasteiger partial charge < -0.3 is 14.4 Å². The van der Waals surface area contributed by atoms with Gasteiger partial charge in [0.1, 0.15) is 0 Å². The summed E-state index contributed by atoms with van der Waals surface area (Å²) in [4.78, 5) is 15.2. The lowest BCUT2D eigenvalue weighted by molar-refractivity contribution is -0.154. The van der Waals surface area contributed by atoms with E-state index >= 15 is 0 Å². The minimum absolute atomic E-state index is 0.00612. The fourth-order valence-electron chi connectivity index (χ4n) is 3.29. The van der Waals surface area contributed by atoms with Crippen molar-refractivity contribution in [2.45, 2.75) is 32.0 Å². The van der Waals surface area contributed by atoms with Crippen molar-refractivity contribution >= 4 is 17.3 Å². The number of likely N-dealkylation sites (tertiary alicyclic amines) is 1. The molecule has 0 amide bonds. The number of thiophene rings is 1. The number of hydrogen-bond acceptors (Lipinski definition) is 5. The van der Waals surface area contributed by atoms with E-state index in [0.29, 0.717) is 0 Å². The smallest absolute Gasteiger partial charge is 0.334 e. The Morgan fingerprint density at radius 3 is 2.79 bits per heavy atom. The Kier molecular flexibility index (Phi) is 5.71. The first-order valence-corrected chi connectivity index (χ1v) is 9.20. The first-order valence-electron chi connectivity index (χ1n) is 8.32. The Balaban J connectivity index is 1.53. The minimum atomic E-state index is -0.986. The zero-order chi connectivity index (χ0) is 16.9. The van der Waals surface area contributed by atoms with Crippen molar-refractivity contribution in [1.29, 1.82) is 0 Å². The Hall–Kier alpha value is -1.63. The van der Waals surface area contributed by atoms with Crippen LogP contribution < -0.4 is 0 Å². The number of aromatic nitrogens is 1. The Labute approximate surface area is 146 Å². The van der Waals surface area contributed by atoms with Gasteiger partial charge in [0.2, 0.25) is 0 Å². The molecule has 0 aromatic carbocycles. The van der Waals surface area contributed by atoms with Gasteiger partial charge in [0, 0.05) is 23.3 Å². The Bertz CT molecular complexity index is 645. The second-order valence-corrected chi connectivity index (χ2v) is 7.32. The average Bonchev–Trinajstić information content (AvgIpc) is 3.27. The minimum Gasteiger partial charge on any atom is -0.467 e. The van der Waals surface area contributed by atoms with E-state index in [0.717, 1.165) is 39.0 Å². The van der Waals surface area contributed by atoms with Crippen LogP contribution in [0.5, 0.6) is 0 Å². The molecule has 24 heavy (non-hydrogen) atoms. The molecule has 0 radical (unpaired) electrons. The van der Waals surface area contributed by atoms with Gasteiger partial charge in [0.15, 0.2) is 6.10 Å². The normalized spacial score (nSPS) is 17.8.